The molecule has 0 unspecified atom stereocenters. The van der Waals surface area contributed by atoms with Gasteiger partial charge >= 0.3 is 6.09 Å². The second-order valence-electron chi connectivity index (χ2n) is 9.64. The van der Waals surface area contributed by atoms with Crippen LogP contribution in [0.2, 0.25) is 0 Å². The Balaban J connectivity index is 1.46. The maximum atomic E-state index is 13.6. The first-order chi connectivity index (χ1) is 15.7. The molecular weight excluding hydrogens is 423 g/mol. The van der Waals surface area contributed by atoms with E-state index in [2.05, 4.69) is 11.4 Å². The van der Waals surface area contributed by atoms with Crippen molar-refractivity contribution in [2.45, 2.75) is 63.9 Å². The van der Waals surface area contributed by atoms with E-state index in [0.717, 1.165) is 17.5 Å². The van der Waals surface area contributed by atoms with E-state index < -0.39 is 17.8 Å². The Hall–Kier alpha value is -2.93. The summed E-state index contributed by atoms with van der Waals surface area (Å²) in [6, 6.07) is 14.1. The number of hydrogen-bond donors (Lipinski definition) is 1. The summed E-state index contributed by atoms with van der Waals surface area (Å²) in [5, 5.41) is 2.73. The molecule has 4 rings (SSSR count). The number of ether oxygens (including phenoxy) is 2. The quantitative estimate of drug-likeness (QED) is 0.745. The number of halogens is 1. The number of fused-ring (bicyclic) bond motifs is 1. The third-order valence-electron chi connectivity index (χ3n) is 6.01. The number of nitrogens with zero attached hydrogens (tertiary/aromatic N) is 1. The summed E-state index contributed by atoms with van der Waals surface area (Å²) in [4.78, 5) is 27.3. The highest BCUT2D eigenvalue weighted by atomic mass is 19.1. The van der Waals surface area contributed by atoms with Gasteiger partial charge < -0.3 is 19.7 Å². The highest BCUT2D eigenvalue weighted by molar-refractivity contribution is 5.82. The normalized spacial score (nSPS) is 22.5. The Morgan fingerprint density at radius 3 is 2.58 bits per heavy atom. The molecule has 0 spiro atoms. The van der Waals surface area contributed by atoms with Crippen LogP contribution in [0.4, 0.5) is 9.18 Å². The zero-order valence-electron chi connectivity index (χ0n) is 19.3. The van der Waals surface area contributed by atoms with Gasteiger partial charge in [-0.05, 0) is 68.9 Å². The van der Waals surface area contributed by atoms with E-state index in [1.165, 1.54) is 17.7 Å². The molecule has 0 aliphatic carbocycles. The van der Waals surface area contributed by atoms with Gasteiger partial charge in [-0.15, -0.1) is 0 Å². The molecule has 2 aromatic carbocycles. The number of alkyl carbamates (subject to hydrolysis) is 1. The molecule has 2 aliphatic rings. The molecule has 2 amide bonds. The van der Waals surface area contributed by atoms with Crippen molar-refractivity contribution in [1.29, 1.82) is 0 Å². The highest BCUT2D eigenvalue weighted by Crippen LogP contribution is 2.37. The lowest BCUT2D eigenvalue weighted by atomic mass is 9.87. The Morgan fingerprint density at radius 1 is 1.12 bits per heavy atom. The SMILES string of the molecule is CC(C)(C)OC(=O)NC[C@H]1CC[C@H](C(=O)N2CCc3ccccc3[C@@H]2c2ccc(F)cc2)O1. The smallest absolute Gasteiger partial charge is 0.407 e. The number of nitrogens with one attached hydrogen (secondary N) is 1. The van der Waals surface area contributed by atoms with E-state index in [1.807, 2.05) is 43.9 Å². The topological polar surface area (TPSA) is 67.9 Å². The molecule has 3 atom stereocenters. The minimum Gasteiger partial charge on any atom is -0.444 e. The highest BCUT2D eigenvalue weighted by Gasteiger charge is 2.39. The van der Waals surface area contributed by atoms with Gasteiger partial charge in [-0.2, -0.15) is 0 Å². The third kappa shape index (κ3) is 5.53. The molecule has 0 radical (unpaired) electrons. The molecule has 1 N–H and O–H groups in total. The van der Waals surface area contributed by atoms with E-state index in [1.54, 1.807) is 12.1 Å². The molecule has 6 nitrogen and oxygen atoms in total. The molecule has 2 heterocycles. The maximum Gasteiger partial charge on any atom is 0.407 e. The van der Waals surface area contributed by atoms with Gasteiger partial charge in [0.15, 0.2) is 0 Å². The Kier molecular flexibility index (Phi) is 6.70. The van der Waals surface area contributed by atoms with Crippen LogP contribution >= 0.6 is 0 Å². The molecule has 0 aromatic heterocycles. The number of carbonyl (C=O) groups excluding carboxylic acids is 2. The zero-order valence-corrected chi connectivity index (χ0v) is 19.3. The minimum absolute atomic E-state index is 0.0707. The van der Waals surface area contributed by atoms with Gasteiger partial charge in [-0.3, -0.25) is 4.79 Å². The van der Waals surface area contributed by atoms with E-state index in [0.29, 0.717) is 25.9 Å². The number of rotatable bonds is 4. The van der Waals surface area contributed by atoms with Crippen molar-refractivity contribution in [3.05, 3.63) is 71.0 Å². The molecule has 0 saturated carbocycles. The van der Waals surface area contributed by atoms with Crippen LogP contribution in [0.15, 0.2) is 48.5 Å². The molecule has 7 heteroatoms. The maximum absolute atomic E-state index is 13.6. The molecule has 0 bridgehead atoms. The van der Waals surface area contributed by atoms with Gasteiger partial charge in [-0.25, -0.2) is 9.18 Å². The second kappa shape index (κ2) is 9.51. The largest absolute Gasteiger partial charge is 0.444 e. The predicted octanol–water partition coefficient (Wildman–Crippen LogP) is 4.37. The molecule has 2 aromatic rings. The predicted molar refractivity (Wildman–Crippen MR) is 122 cm³/mol. The van der Waals surface area contributed by atoms with Gasteiger partial charge in [0.1, 0.15) is 17.5 Å². The van der Waals surface area contributed by atoms with Crippen LogP contribution in [0, 0.1) is 5.82 Å². The van der Waals surface area contributed by atoms with Crippen molar-refractivity contribution in [2.75, 3.05) is 13.1 Å². The van der Waals surface area contributed by atoms with Gasteiger partial charge in [0.2, 0.25) is 0 Å². The molecule has 1 saturated heterocycles. The lowest BCUT2D eigenvalue weighted by molar-refractivity contribution is -0.145. The van der Waals surface area contributed by atoms with E-state index in [4.69, 9.17) is 9.47 Å². The first kappa shape index (κ1) is 23.2. The van der Waals surface area contributed by atoms with Crippen molar-refractivity contribution >= 4 is 12.0 Å². The van der Waals surface area contributed by atoms with Crippen LogP contribution in [0.5, 0.6) is 0 Å². The van der Waals surface area contributed by atoms with Crippen LogP contribution < -0.4 is 5.32 Å². The molecule has 2 aliphatic heterocycles. The number of amides is 2. The van der Waals surface area contributed by atoms with Crippen molar-refractivity contribution in [2.24, 2.45) is 0 Å². The van der Waals surface area contributed by atoms with Crippen LogP contribution in [-0.2, 0) is 20.7 Å². The standard InChI is InChI=1S/C26H31FN2O4/c1-26(2,3)33-25(31)28-16-20-12-13-22(32-20)24(30)29-15-14-17-6-4-5-7-21(17)23(29)18-8-10-19(27)11-9-18/h4-11,20,22-23H,12-16H2,1-3H3,(H,28,31)/t20-,22-,23+/m1/s1. The monoisotopic (exact) mass is 454 g/mol. The Labute approximate surface area is 194 Å². The first-order valence-corrected chi connectivity index (χ1v) is 11.5. The van der Waals surface area contributed by atoms with Crippen molar-refractivity contribution in [1.82, 2.24) is 10.2 Å². The summed E-state index contributed by atoms with van der Waals surface area (Å²) in [7, 11) is 0. The van der Waals surface area contributed by atoms with E-state index in [-0.39, 0.29) is 23.9 Å². The Bertz CT molecular complexity index is 1000. The lowest BCUT2D eigenvalue weighted by Crippen LogP contribution is -2.46. The number of hydrogen-bond acceptors (Lipinski definition) is 4. The summed E-state index contributed by atoms with van der Waals surface area (Å²) in [6.07, 6.45) is 0.725. The fraction of sp³-hybridized carbons (Fsp3) is 0.462. The molecule has 1 fully saturated rings. The summed E-state index contributed by atoms with van der Waals surface area (Å²) in [5.41, 5.74) is 2.56. The minimum atomic E-state index is -0.570. The van der Waals surface area contributed by atoms with E-state index >= 15 is 0 Å². The van der Waals surface area contributed by atoms with Crippen LogP contribution in [0.1, 0.15) is 56.3 Å². The van der Waals surface area contributed by atoms with Crippen LogP contribution in [0.3, 0.4) is 0 Å². The summed E-state index contributed by atoms with van der Waals surface area (Å²) < 4.78 is 24.9. The second-order valence-corrected chi connectivity index (χ2v) is 9.64. The van der Waals surface area contributed by atoms with Gasteiger partial charge in [0.25, 0.3) is 5.91 Å². The fourth-order valence-corrected chi connectivity index (χ4v) is 4.54. The summed E-state index contributed by atoms with van der Waals surface area (Å²) in [5.74, 6) is -0.376. The van der Waals surface area contributed by atoms with Gasteiger partial charge in [-0.1, -0.05) is 36.4 Å². The van der Waals surface area contributed by atoms with Gasteiger partial charge in [0, 0.05) is 13.1 Å². The van der Waals surface area contributed by atoms with E-state index in [9.17, 15) is 14.0 Å². The van der Waals surface area contributed by atoms with Crippen molar-refractivity contribution in [3.63, 3.8) is 0 Å². The average Bonchev–Trinajstić information content (AvgIpc) is 3.25. The molecule has 176 valence electrons. The van der Waals surface area contributed by atoms with Crippen molar-refractivity contribution in [3.8, 4) is 0 Å². The third-order valence-corrected chi connectivity index (χ3v) is 6.01. The fourth-order valence-electron chi connectivity index (χ4n) is 4.54. The van der Waals surface area contributed by atoms with Crippen LogP contribution in [-0.4, -0.2) is 47.8 Å². The zero-order chi connectivity index (χ0) is 23.6. The average molecular weight is 455 g/mol. The molecule has 33 heavy (non-hydrogen) atoms. The molecular formula is C26H31FN2O4. The summed E-state index contributed by atoms with van der Waals surface area (Å²) >= 11 is 0. The number of carbonyl (C=O) groups is 2. The van der Waals surface area contributed by atoms with Gasteiger partial charge in [0.05, 0.1) is 12.1 Å². The number of benzene rings is 2. The van der Waals surface area contributed by atoms with Crippen LogP contribution in [0.25, 0.3) is 0 Å². The first-order valence-electron chi connectivity index (χ1n) is 11.5. The van der Waals surface area contributed by atoms with Crippen molar-refractivity contribution < 1.29 is 23.5 Å². The Morgan fingerprint density at radius 2 is 1.85 bits per heavy atom. The lowest BCUT2D eigenvalue weighted by Gasteiger charge is -2.39. The summed E-state index contributed by atoms with van der Waals surface area (Å²) in [6.45, 7) is 6.28.